The third-order valence-corrected chi connectivity index (χ3v) is 2.26. The van der Waals surface area contributed by atoms with Crippen molar-refractivity contribution in [3.8, 4) is 12.3 Å². The fourth-order valence-electron chi connectivity index (χ4n) is 1.42. The van der Waals surface area contributed by atoms with Gasteiger partial charge in [0, 0.05) is 12.5 Å². The third-order valence-electron chi connectivity index (χ3n) is 2.26. The lowest BCUT2D eigenvalue weighted by Crippen LogP contribution is -2.36. The molecule has 2 amide bonds. The minimum atomic E-state index is -1.26. The van der Waals surface area contributed by atoms with E-state index in [-0.39, 0.29) is 17.3 Å². The molecule has 0 saturated heterocycles. The van der Waals surface area contributed by atoms with Crippen molar-refractivity contribution >= 4 is 17.7 Å². The molecule has 1 unspecified atom stereocenters. The molecule has 3 N–H and O–H groups in total. The van der Waals surface area contributed by atoms with Crippen molar-refractivity contribution in [2.75, 3.05) is 5.32 Å². The van der Waals surface area contributed by atoms with Crippen LogP contribution in [0.4, 0.5) is 14.9 Å². The van der Waals surface area contributed by atoms with Gasteiger partial charge in [-0.25, -0.2) is 14.0 Å². The van der Waals surface area contributed by atoms with Crippen LogP contribution in [0.3, 0.4) is 0 Å². The minimum Gasteiger partial charge on any atom is -0.478 e. The quantitative estimate of drug-likeness (QED) is 0.728. The SMILES string of the molecule is C#CCC(C)NC(=O)Nc1cc(F)ccc1C(=O)O. The number of amides is 2. The van der Waals surface area contributed by atoms with Crippen LogP contribution < -0.4 is 10.6 Å². The Labute approximate surface area is 109 Å². The molecule has 0 bridgehead atoms. The van der Waals surface area contributed by atoms with E-state index in [1.807, 2.05) is 0 Å². The van der Waals surface area contributed by atoms with Crippen molar-refractivity contribution in [2.24, 2.45) is 0 Å². The molecule has 0 fully saturated rings. The summed E-state index contributed by atoms with van der Waals surface area (Å²) in [6, 6.07) is 2.11. The number of benzene rings is 1. The number of rotatable bonds is 4. The molecule has 1 aromatic rings. The Morgan fingerprint density at radius 2 is 2.21 bits per heavy atom. The Morgan fingerprint density at radius 3 is 2.79 bits per heavy atom. The fraction of sp³-hybridized carbons (Fsp3) is 0.231. The van der Waals surface area contributed by atoms with Crippen LogP contribution in [0, 0.1) is 18.2 Å². The molecule has 0 aliphatic rings. The monoisotopic (exact) mass is 264 g/mol. The van der Waals surface area contributed by atoms with Crippen LogP contribution in [0.5, 0.6) is 0 Å². The second kappa shape index (κ2) is 6.40. The van der Waals surface area contributed by atoms with Crippen LogP contribution in [0.25, 0.3) is 0 Å². The summed E-state index contributed by atoms with van der Waals surface area (Å²) < 4.78 is 13.1. The molecule has 1 rings (SSSR count). The first-order valence-corrected chi connectivity index (χ1v) is 5.48. The molecule has 0 aliphatic carbocycles. The summed E-state index contributed by atoms with van der Waals surface area (Å²) >= 11 is 0. The van der Waals surface area contributed by atoms with Crippen molar-refractivity contribution in [3.63, 3.8) is 0 Å². The maximum Gasteiger partial charge on any atom is 0.337 e. The van der Waals surface area contributed by atoms with E-state index >= 15 is 0 Å². The Bertz CT molecular complexity index is 537. The van der Waals surface area contributed by atoms with Gasteiger partial charge < -0.3 is 15.7 Å². The largest absolute Gasteiger partial charge is 0.478 e. The number of halogens is 1. The smallest absolute Gasteiger partial charge is 0.337 e. The number of carbonyl (C=O) groups is 2. The number of carbonyl (C=O) groups excluding carboxylic acids is 1. The number of aromatic carboxylic acids is 1. The minimum absolute atomic E-state index is 0.113. The maximum atomic E-state index is 13.1. The van der Waals surface area contributed by atoms with Crippen LogP contribution in [0.2, 0.25) is 0 Å². The molecule has 5 nitrogen and oxygen atoms in total. The highest BCUT2D eigenvalue weighted by molar-refractivity contribution is 6.00. The zero-order valence-corrected chi connectivity index (χ0v) is 10.2. The van der Waals surface area contributed by atoms with Crippen molar-refractivity contribution in [1.82, 2.24) is 5.32 Å². The van der Waals surface area contributed by atoms with E-state index in [1.165, 1.54) is 0 Å². The topological polar surface area (TPSA) is 78.4 Å². The molecule has 100 valence electrons. The number of hydrogen-bond donors (Lipinski definition) is 3. The number of carboxylic acids is 1. The molecule has 19 heavy (non-hydrogen) atoms. The second-order valence-electron chi connectivity index (χ2n) is 3.90. The average Bonchev–Trinajstić information content (AvgIpc) is 2.28. The van der Waals surface area contributed by atoms with Gasteiger partial charge in [-0.1, -0.05) is 0 Å². The highest BCUT2D eigenvalue weighted by Crippen LogP contribution is 2.17. The van der Waals surface area contributed by atoms with Crippen molar-refractivity contribution in [3.05, 3.63) is 29.6 Å². The Kier molecular flexibility index (Phi) is 4.89. The Balaban J connectivity index is 2.81. The van der Waals surface area contributed by atoms with Gasteiger partial charge in [0.15, 0.2) is 0 Å². The lowest BCUT2D eigenvalue weighted by molar-refractivity contribution is 0.0698. The van der Waals surface area contributed by atoms with E-state index < -0.39 is 17.8 Å². The van der Waals surface area contributed by atoms with E-state index in [0.29, 0.717) is 6.42 Å². The van der Waals surface area contributed by atoms with Crippen molar-refractivity contribution in [1.29, 1.82) is 0 Å². The number of urea groups is 1. The summed E-state index contributed by atoms with van der Waals surface area (Å²) in [4.78, 5) is 22.5. The molecule has 0 aromatic heterocycles. The van der Waals surface area contributed by atoms with Crippen LogP contribution in [-0.2, 0) is 0 Å². The standard InChI is InChI=1S/C13H13FN2O3/c1-3-4-8(2)15-13(19)16-11-7-9(14)5-6-10(11)12(17)18/h1,5-8H,4H2,2H3,(H,17,18)(H2,15,16,19). The molecule has 0 saturated carbocycles. The van der Waals surface area contributed by atoms with Gasteiger partial charge in [-0.05, 0) is 25.1 Å². The van der Waals surface area contributed by atoms with Crippen LogP contribution >= 0.6 is 0 Å². The average molecular weight is 264 g/mol. The summed E-state index contributed by atoms with van der Waals surface area (Å²) in [5.41, 5.74) is -0.306. The first kappa shape index (κ1) is 14.5. The second-order valence-corrected chi connectivity index (χ2v) is 3.90. The summed E-state index contributed by atoms with van der Waals surface area (Å²) in [7, 11) is 0. The molecule has 0 spiro atoms. The summed E-state index contributed by atoms with van der Waals surface area (Å²) in [5, 5.41) is 13.7. The van der Waals surface area contributed by atoms with E-state index in [0.717, 1.165) is 18.2 Å². The molecule has 0 heterocycles. The van der Waals surface area contributed by atoms with Crippen molar-refractivity contribution < 1.29 is 19.1 Å². The van der Waals surface area contributed by atoms with E-state index in [9.17, 15) is 14.0 Å². The normalized spacial score (nSPS) is 11.2. The lowest BCUT2D eigenvalue weighted by atomic mass is 10.1. The predicted molar refractivity (Wildman–Crippen MR) is 68.4 cm³/mol. The molecule has 6 heteroatoms. The number of hydrogen-bond acceptors (Lipinski definition) is 2. The maximum absolute atomic E-state index is 13.1. The lowest BCUT2D eigenvalue weighted by Gasteiger charge is -2.13. The summed E-state index contributed by atoms with van der Waals surface area (Å²) in [5.74, 6) is 0.480. The molecular formula is C13H13FN2O3. The number of carboxylic acid groups (broad SMARTS) is 1. The molecule has 1 aromatic carbocycles. The van der Waals surface area contributed by atoms with E-state index in [2.05, 4.69) is 16.6 Å². The number of nitrogens with one attached hydrogen (secondary N) is 2. The number of terminal acetylenes is 1. The third kappa shape index (κ3) is 4.32. The van der Waals surface area contributed by atoms with E-state index in [4.69, 9.17) is 11.5 Å². The highest BCUT2D eigenvalue weighted by Gasteiger charge is 2.14. The molecular weight excluding hydrogens is 251 g/mol. The fourth-order valence-corrected chi connectivity index (χ4v) is 1.42. The summed E-state index contributed by atoms with van der Waals surface area (Å²) in [6.45, 7) is 1.70. The number of anilines is 1. The van der Waals surface area contributed by atoms with Gasteiger partial charge in [-0.2, -0.15) is 0 Å². The van der Waals surface area contributed by atoms with Crippen LogP contribution in [-0.4, -0.2) is 23.1 Å². The van der Waals surface area contributed by atoms with Gasteiger partial charge >= 0.3 is 12.0 Å². The molecule has 1 atom stereocenters. The van der Waals surface area contributed by atoms with E-state index in [1.54, 1.807) is 6.92 Å². The Morgan fingerprint density at radius 1 is 1.53 bits per heavy atom. The zero-order valence-electron chi connectivity index (χ0n) is 10.2. The van der Waals surface area contributed by atoms with Crippen molar-refractivity contribution in [2.45, 2.75) is 19.4 Å². The first-order valence-electron chi connectivity index (χ1n) is 5.48. The van der Waals surface area contributed by atoms with Gasteiger partial charge in [0.1, 0.15) is 5.82 Å². The van der Waals surface area contributed by atoms with Gasteiger partial charge in [0.05, 0.1) is 11.3 Å². The highest BCUT2D eigenvalue weighted by atomic mass is 19.1. The van der Waals surface area contributed by atoms with Gasteiger partial charge in [-0.15, -0.1) is 12.3 Å². The molecule has 0 aliphatic heterocycles. The van der Waals surface area contributed by atoms with Crippen LogP contribution in [0.15, 0.2) is 18.2 Å². The zero-order chi connectivity index (χ0) is 14.4. The van der Waals surface area contributed by atoms with Gasteiger partial charge in [0.2, 0.25) is 0 Å². The van der Waals surface area contributed by atoms with Gasteiger partial charge in [-0.3, -0.25) is 0 Å². The Hall–Kier alpha value is -2.55. The van der Waals surface area contributed by atoms with Gasteiger partial charge in [0.25, 0.3) is 0 Å². The molecule has 0 radical (unpaired) electrons. The van der Waals surface area contributed by atoms with Crippen LogP contribution in [0.1, 0.15) is 23.7 Å². The summed E-state index contributed by atoms with van der Waals surface area (Å²) in [6.07, 6.45) is 5.43. The first-order chi connectivity index (χ1) is 8.93. The predicted octanol–water partition coefficient (Wildman–Crippen LogP) is 2.06.